The molecule has 0 N–H and O–H groups in total. The third-order valence-electron chi connectivity index (χ3n) is 4.34. The van der Waals surface area contributed by atoms with E-state index in [9.17, 15) is 13.7 Å². The molecule has 8 nitrogen and oxygen atoms in total. The second-order valence-corrected chi connectivity index (χ2v) is 8.27. The van der Waals surface area contributed by atoms with Gasteiger partial charge in [-0.25, -0.2) is 8.42 Å². The summed E-state index contributed by atoms with van der Waals surface area (Å²) in [5.74, 6) is 1.42. The van der Waals surface area contributed by atoms with Crippen molar-refractivity contribution in [1.82, 2.24) is 15.0 Å². The highest BCUT2D eigenvalue weighted by Crippen LogP contribution is 2.25. The van der Waals surface area contributed by atoms with Crippen LogP contribution in [0.25, 0.3) is 5.69 Å². The molecule has 9 heteroatoms. The molecule has 1 aliphatic heterocycles. The Labute approximate surface area is 152 Å². The molecule has 1 atom stereocenters. The van der Waals surface area contributed by atoms with E-state index in [4.69, 9.17) is 4.74 Å². The fraction of sp³-hybridized carbons (Fsp3) is 0.471. The summed E-state index contributed by atoms with van der Waals surface area (Å²) in [6, 6.07) is 9.14. The number of rotatable bonds is 6. The van der Waals surface area contributed by atoms with Gasteiger partial charge < -0.3 is 9.64 Å². The van der Waals surface area contributed by atoms with E-state index in [0.717, 1.165) is 5.75 Å². The molecule has 1 aliphatic rings. The lowest BCUT2D eigenvalue weighted by atomic mass is 10.2. The van der Waals surface area contributed by atoms with Crippen LogP contribution >= 0.6 is 0 Å². The van der Waals surface area contributed by atoms with Crippen molar-refractivity contribution >= 4 is 15.7 Å². The Morgan fingerprint density at radius 3 is 2.58 bits per heavy atom. The average molecular weight is 375 g/mol. The van der Waals surface area contributed by atoms with Crippen molar-refractivity contribution in [2.75, 3.05) is 29.6 Å². The zero-order valence-corrected chi connectivity index (χ0v) is 15.6. The molecule has 2 heterocycles. The Hall–Kier alpha value is -2.60. The smallest absolute Gasteiger partial charge is 0.207 e. The van der Waals surface area contributed by atoms with Crippen LogP contribution in [0.4, 0.5) is 5.82 Å². The summed E-state index contributed by atoms with van der Waals surface area (Å²) in [6.07, 6.45) is 0.539. The van der Waals surface area contributed by atoms with Gasteiger partial charge in [-0.2, -0.15) is 5.26 Å². The number of ether oxygens (including phenoxy) is 1. The summed E-state index contributed by atoms with van der Waals surface area (Å²) in [7, 11) is -3.03. The molecular weight excluding hydrogens is 354 g/mol. The first-order chi connectivity index (χ1) is 12.5. The van der Waals surface area contributed by atoms with Gasteiger partial charge in [0.2, 0.25) is 5.69 Å². The van der Waals surface area contributed by atoms with E-state index in [0.29, 0.717) is 31.1 Å². The molecule has 2 aromatic rings. The molecule has 3 rings (SSSR count). The van der Waals surface area contributed by atoms with Crippen molar-refractivity contribution in [1.29, 1.82) is 5.26 Å². The predicted octanol–water partition coefficient (Wildman–Crippen LogP) is 1.55. The van der Waals surface area contributed by atoms with Crippen LogP contribution in [0.15, 0.2) is 24.3 Å². The molecule has 1 saturated heterocycles. The molecule has 26 heavy (non-hydrogen) atoms. The first-order valence-electron chi connectivity index (χ1n) is 8.55. The largest absolute Gasteiger partial charge is 0.494 e. The number of nitriles is 1. The Morgan fingerprint density at radius 1 is 1.31 bits per heavy atom. The van der Waals surface area contributed by atoms with E-state index in [1.165, 1.54) is 4.80 Å². The van der Waals surface area contributed by atoms with Crippen molar-refractivity contribution in [3.8, 4) is 17.5 Å². The molecule has 0 saturated carbocycles. The molecule has 138 valence electrons. The van der Waals surface area contributed by atoms with Gasteiger partial charge in [0.05, 0.1) is 23.8 Å². The van der Waals surface area contributed by atoms with Crippen molar-refractivity contribution in [3.05, 3.63) is 30.0 Å². The fourth-order valence-corrected chi connectivity index (χ4v) is 4.86. The van der Waals surface area contributed by atoms with E-state index in [2.05, 4.69) is 16.3 Å². The van der Waals surface area contributed by atoms with E-state index in [-0.39, 0.29) is 23.2 Å². The maximum atomic E-state index is 11.8. The molecule has 0 bridgehead atoms. The monoisotopic (exact) mass is 375 g/mol. The number of sulfone groups is 1. The van der Waals surface area contributed by atoms with Crippen LogP contribution in [0.1, 0.15) is 26.0 Å². The predicted molar refractivity (Wildman–Crippen MR) is 97.3 cm³/mol. The van der Waals surface area contributed by atoms with E-state index < -0.39 is 9.84 Å². The third-order valence-corrected chi connectivity index (χ3v) is 6.09. The molecule has 0 radical (unpaired) electrons. The highest BCUT2D eigenvalue weighted by Gasteiger charge is 2.34. The topological polar surface area (TPSA) is 101 Å². The zero-order chi connectivity index (χ0) is 18.7. The van der Waals surface area contributed by atoms with Gasteiger partial charge in [-0.15, -0.1) is 15.0 Å². The van der Waals surface area contributed by atoms with Gasteiger partial charge in [0.1, 0.15) is 11.8 Å². The van der Waals surface area contributed by atoms with Crippen LogP contribution in [0, 0.1) is 11.3 Å². The summed E-state index contributed by atoms with van der Waals surface area (Å²) in [5, 5.41) is 18.2. The number of anilines is 1. The maximum absolute atomic E-state index is 11.8. The van der Waals surface area contributed by atoms with Crippen LogP contribution in [0.5, 0.6) is 5.75 Å². The molecule has 0 amide bonds. The van der Waals surface area contributed by atoms with Gasteiger partial charge in [0, 0.05) is 12.6 Å². The van der Waals surface area contributed by atoms with E-state index in [1.54, 1.807) is 0 Å². The van der Waals surface area contributed by atoms with Crippen molar-refractivity contribution in [2.45, 2.75) is 26.3 Å². The number of aromatic nitrogens is 3. The molecular formula is C17H21N5O3S. The third kappa shape index (κ3) is 3.65. The number of hydrogen-bond donors (Lipinski definition) is 0. The number of benzene rings is 1. The lowest BCUT2D eigenvalue weighted by molar-refractivity contribution is 0.340. The van der Waals surface area contributed by atoms with E-state index in [1.807, 2.05) is 43.0 Å². The second kappa shape index (κ2) is 7.33. The molecule has 1 unspecified atom stereocenters. The summed E-state index contributed by atoms with van der Waals surface area (Å²) in [5.41, 5.74) is 0.885. The SMILES string of the molecule is CCOc1ccc(-n2nc(C#N)c(N(CC)C3CCS(=O)(=O)C3)n2)cc1. The summed E-state index contributed by atoms with van der Waals surface area (Å²) in [4.78, 5) is 3.26. The van der Waals surface area contributed by atoms with Gasteiger partial charge in [-0.3, -0.25) is 0 Å². The van der Waals surface area contributed by atoms with Gasteiger partial charge in [-0.1, -0.05) is 0 Å². The first kappa shape index (κ1) is 18.2. The lowest BCUT2D eigenvalue weighted by Gasteiger charge is -2.26. The zero-order valence-electron chi connectivity index (χ0n) is 14.8. The number of nitrogens with zero attached hydrogens (tertiary/aromatic N) is 5. The first-order valence-corrected chi connectivity index (χ1v) is 10.4. The van der Waals surface area contributed by atoms with E-state index >= 15 is 0 Å². The Balaban J connectivity index is 1.92. The number of hydrogen-bond acceptors (Lipinski definition) is 7. The van der Waals surface area contributed by atoms with Gasteiger partial charge in [0.15, 0.2) is 15.7 Å². The molecule has 1 aromatic carbocycles. The Bertz CT molecular complexity index is 915. The van der Waals surface area contributed by atoms with Gasteiger partial charge >= 0.3 is 0 Å². The molecule has 1 aromatic heterocycles. The molecule has 0 spiro atoms. The maximum Gasteiger partial charge on any atom is 0.207 e. The Kier molecular flexibility index (Phi) is 5.13. The van der Waals surface area contributed by atoms with Crippen LogP contribution in [0.3, 0.4) is 0 Å². The highest BCUT2D eigenvalue weighted by atomic mass is 32.2. The summed E-state index contributed by atoms with van der Waals surface area (Å²) >= 11 is 0. The minimum atomic E-state index is -3.03. The normalized spacial score (nSPS) is 18.4. The highest BCUT2D eigenvalue weighted by molar-refractivity contribution is 7.91. The molecule has 0 aliphatic carbocycles. The van der Waals surface area contributed by atoms with Crippen LogP contribution in [-0.4, -0.2) is 54.1 Å². The average Bonchev–Trinajstić information content (AvgIpc) is 3.20. The lowest BCUT2D eigenvalue weighted by Crippen LogP contribution is -2.37. The van der Waals surface area contributed by atoms with Gasteiger partial charge in [0.25, 0.3) is 0 Å². The molecule has 1 fully saturated rings. The summed E-state index contributed by atoms with van der Waals surface area (Å²) < 4.78 is 29.1. The van der Waals surface area contributed by atoms with Crippen LogP contribution in [-0.2, 0) is 9.84 Å². The minimum Gasteiger partial charge on any atom is -0.494 e. The quantitative estimate of drug-likeness (QED) is 0.755. The van der Waals surface area contributed by atoms with Crippen LogP contribution < -0.4 is 9.64 Å². The standard InChI is InChI=1S/C17H21N5O3S/c1-3-21(14-9-10-26(23,24)12-14)17-16(11-18)19-22(20-17)13-5-7-15(8-6-13)25-4-2/h5-8,14H,3-4,9-10,12H2,1-2H3. The van der Waals surface area contributed by atoms with Crippen molar-refractivity contribution in [2.24, 2.45) is 0 Å². The second-order valence-electron chi connectivity index (χ2n) is 6.04. The minimum absolute atomic E-state index is 0.0849. The van der Waals surface area contributed by atoms with Crippen molar-refractivity contribution in [3.63, 3.8) is 0 Å². The fourth-order valence-electron chi connectivity index (χ4n) is 3.12. The van der Waals surface area contributed by atoms with Crippen LogP contribution in [0.2, 0.25) is 0 Å². The van der Waals surface area contributed by atoms with Crippen molar-refractivity contribution < 1.29 is 13.2 Å². The van der Waals surface area contributed by atoms with Gasteiger partial charge in [-0.05, 0) is 44.5 Å². The summed E-state index contributed by atoms with van der Waals surface area (Å²) in [6.45, 7) is 4.97. The Morgan fingerprint density at radius 2 is 2.04 bits per heavy atom.